The number of aromatic nitrogens is 2. The van der Waals surface area contributed by atoms with Crippen molar-refractivity contribution in [3.63, 3.8) is 0 Å². The van der Waals surface area contributed by atoms with Gasteiger partial charge in [-0.1, -0.05) is 0 Å². The quantitative estimate of drug-likeness (QED) is 0.734. The average molecular weight is 190 g/mol. The van der Waals surface area contributed by atoms with Crippen LogP contribution in [0.4, 0.5) is 0 Å². The molecule has 14 heavy (non-hydrogen) atoms. The smallest absolute Gasteiger partial charge is 0.180 e. The van der Waals surface area contributed by atoms with Gasteiger partial charge in [0.1, 0.15) is 11.4 Å². The molecule has 0 aliphatic heterocycles. The van der Waals surface area contributed by atoms with Gasteiger partial charge in [-0.15, -0.1) is 0 Å². The highest BCUT2D eigenvalue weighted by Gasteiger charge is 2.11. The van der Waals surface area contributed by atoms with Crippen LogP contribution in [0, 0.1) is 0 Å². The number of hydrogen-bond acceptors (Lipinski definition) is 3. The van der Waals surface area contributed by atoms with Gasteiger partial charge in [-0.3, -0.25) is 4.79 Å². The Morgan fingerprint density at radius 2 is 2.36 bits per heavy atom. The highest BCUT2D eigenvalue weighted by Crippen LogP contribution is 2.25. The Morgan fingerprint density at radius 3 is 3.00 bits per heavy atom. The van der Waals surface area contributed by atoms with Gasteiger partial charge in [0, 0.05) is 18.5 Å². The zero-order valence-electron chi connectivity index (χ0n) is 8.00. The Bertz CT molecular complexity index is 488. The number of aromatic amines is 1. The molecule has 0 amide bonds. The summed E-state index contributed by atoms with van der Waals surface area (Å²) in [6, 6.07) is 1.86. The van der Waals surface area contributed by atoms with Gasteiger partial charge < -0.3 is 9.72 Å². The summed E-state index contributed by atoms with van der Waals surface area (Å²) >= 11 is 0. The predicted molar refractivity (Wildman–Crippen MR) is 52.7 cm³/mol. The molecule has 2 aromatic rings. The number of H-pyrrole nitrogens is 1. The van der Waals surface area contributed by atoms with Gasteiger partial charge in [-0.25, -0.2) is 4.98 Å². The van der Waals surface area contributed by atoms with Crippen LogP contribution in [0.1, 0.15) is 17.4 Å². The monoisotopic (exact) mass is 190 g/mol. The largest absolute Gasteiger partial charge is 0.494 e. The first kappa shape index (κ1) is 8.74. The fourth-order valence-electron chi connectivity index (χ4n) is 1.46. The summed E-state index contributed by atoms with van der Waals surface area (Å²) in [4.78, 5) is 18.3. The molecule has 0 unspecified atom stereocenters. The first-order valence-electron chi connectivity index (χ1n) is 4.25. The molecule has 4 nitrogen and oxygen atoms in total. The van der Waals surface area contributed by atoms with Crippen LogP contribution in [-0.2, 0) is 0 Å². The van der Waals surface area contributed by atoms with Crippen LogP contribution in [0.3, 0.4) is 0 Å². The number of methoxy groups -OCH3 is 1. The lowest BCUT2D eigenvalue weighted by molar-refractivity contribution is 0.101. The van der Waals surface area contributed by atoms with Gasteiger partial charge in [0.05, 0.1) is 18.8 Å². The molecule has 4 heteroatoms. The van der Waals surface area contributed by atoms with Crippen molar-refractivity contribution in [2.24, 2.45) is 0 Å². The van der Waals surface area contributed by atoms with E-state index in [9.17, 15) is 4.79 Å². The van der Waals surface area contributed by atoms with Gasteiger partial charge >= 0.3 is 0 Å². The third-order valence-electron chi connectivity index (χ3n) is 2.11. The van der Waals surface area contributed by atoms with Crippen LogP contribution in [-0.4, -0.2) is 22.9 Å². The van der Waals surface area contributed by atoms with Gasteiger partial charge in [0.2, 0.25) is 0 Å². The number of fused-ring (bicyclic) bond motifs is 1. The summed E-state index contributed by atoms with van der Waals surface area (Å²) in [5.41, 5.74) is 1.18. The zero-order chi connectivity index (χ0) is 10.1. The molecule has 2 heterocycles. The molecule has 0 radical (unpaired) electrons. The maximum absolute atomic E-state index is 11.2. The van der Waals surface area contributed by atoms with E-state index < -0.39 is 0 Å². The lowest BCUT2D eigenvalue weighted by Crippen LogP contribution is -1.98. The summed E-state index contributed by atoms with van der Waals surface area (Å²) in [5.74, 6) is 0.617. The Labute approximate surface area is 80.9 Å². The lowest BCUT2D eigenvalue weighted by atomic mass is 10.2. The van der Waals surface area contributed by atoms with E-state index in [2.05, 4.69) is 9.97 Å². The molecule has 2 rings (SSSR count). The van der Waals surface area contributed by atoms with Crippen LogP contribution in [0.5, 0.6) is 5.75 Å². The number of nitrogens with zero attached hydrogens (tertiary/aromatic N) is 1. The van der Waals surface area contributed by atoms with Crippen molar-refractivity contribution in [2.45, 2.75) is 6.92 Å². The third kappa shape index (κ3) is 1.16. The normalized spacial score (nSPS) is 10.4. The Hall–Kier alpha value is -1.84. The van der Waals surface area contributed by atoms with E-state index in [0.717, 1.165) is 10.9 Å². The van der Waals surface area contributed by atoms with E-state index >= 15 is 0 Å². The molecule has 0 aliphatic carbocycles. The average Bonchev–Trinajstić information content (AvgIpc) is 2.64. The van der Waals surface area contributed by atoms with Crippen LogP contribution >= 0.6 is 0 Å². The number of nitrogens with one attached hydrogen (secondary N) is 1. The van der Waals surface area contributed by atoms with Crippen molar-refractivity contribution in [2.75, 3.05) is 7.11 Å². The number of rotatable bonds is 2. The molecule has 0 saturated carbocycles. The molecule has 2 aromatic heterocycles. The van der Waals surface area contributed by atoms with E-state index in [-0.39, 0.29) is 5.78 Å². The SMILES string of the molecule is COc1cnc(C(C)=O)c2[nH]ccc12. The number of Topliss-reactive ketones (excluding diaryl/α,β-unsaturated/α-hetero) is 1. The van der Waals surface area contributed by atoms with E-state index in [0.29, 0.717) is 11.4 Å². The minimum Gasteiger partial charge on any atom is -0.494 e. The lowest BCUT2D eigenvalue weighted by Gasteiger charge is -2.03. The van der Waals surface area contributed by atoms with Crippen molar-refractivity contribution in [3.05, 3.63) is 24.2 Å². The van der Waals surface area contributed by atoms with E-state index in [1.54, 1.807) is 19.5 Å². The van der Waals surface area contributed by atoms with Crippen LogP contribution in [0.2, 0.25) is 0 Å². The first-order valence-corrected chi connectivity index (χ1v) is 4.25. The summed E-state index contributed by atoms with van der Waals surface area (Å²) in [5, 5.41) is 0.882. The van der Waals surface area contributed by atoms with Crippen molar-refractivity contribution < 1.29 is 9.53 Å². The number of hydrogen-bond donors (Lipinski definition) is 1. The van der Waals surface area contributed by atoms with Gasteiger partial charge in [-0.05, 0) is 6.07 Å². The summed E-state index contributed by atoms with van der Waals surface area (Å²) in [6.45, 7) is 1.50. The molecule has 0 aliphatic rings. The Morgan fingerprint density at radius 1 is 1.57 bits per heavy atom. The Balaban J connectivity index is 2.78. The molecule has 72 valence electrons. The van der Waals surface area contributed by atoms with Gasteiger partial charge in [-0.2, -0.15) is 0 Å². The number of carbonyl (C=O) groups excluding carboxylic acids is 1. The summed E-state index contributed by atoms with van der Waals surface area (Å²) < 4.78 is 5.13. The molecular formula is C10H10N2O2. The molecule has 0 aromatic carbocycles. The van der Waals surface area contributed by atoms with Crippen molar-refractivity contribution in [1.82, 2.24) is 9.97 Å². The number of pyridine rings is 1. The number of ether oxygens (including phenoxy) is 1. The minimum absolute atomic E-state index is 0.0555. The van der Waals surface area contributed by atoms with Crippen LogP contribution in [0.15, 0.2) is 18.5 Å². The van der Waals surface area contributed by atoms with Crippen LogP contribution in [0.25, 0.3) is 10.9 Å². The molecular weight excluding hydrogens is 180 g/mol. The topological polar surface area (TPSA) is 55.0 Å². The minimum atomic E-state index is -0.0555. The Kier molecular flexibility index (Phi) is 1.96. The predicted octanol–water partition coefficient (Wildman–Crippen LogP) is 1.77. The maximum Gasteiger partial charge on any atom is 0.180 e. The highest BCUT2D eigenvalue weighted by molar-refractivity contribution is 6.05. The second-order valence-electron chi connectivity index (χ2n) is 3.00. The standard InChI is InChI=1S/C10H10N2O2/c1-6(13)9-10-7(3-4-11-10)8(14-2)5-12-9/h3-5,11H,1-2H3. The molecule has 0 spiro atoms. The second kappa shape index (κ2) is 3.14. The fourth-order valence-corrected chi connectivity index (χ4v) is 1.46. The van der Waals surface area contributed by atoms with Crippen molar-refractivity contribution >= 4 is 16.7 Å². The summed E-state index contributed by atoms with van der Waals surface area (Å²) in [7, 11) is 1.58. The molecule has 0 atom stereocenters. The zero-order valence-corrected chi connectivity index (χ0v) is 8.00. The third-order valence-corrected chi connectivity index (χ3v) is 2.11. The summed E-state index contributed by atoms with van der Waals surface area (Å²) in [6.07, 6.45) is 3.33. The molecule has 1 N–H and O–H groups in total. The van der Waals surface area contributed by atoms with E-state index in [1.165, 1.54) is 6.92 Å². The second-order valence-corrected chi connectivity index (χ2v) is 3.00. The first-order chi connectivity index (χ1) is 6.74. The van der Waals surface area contributed by atoms with Gasteiger partial charge in [0.25, 0.3) is 0 Å². The van der Waals surface area contributed by atoms with E-state index in [1.807, 2.05) is 6.07 Å². The fraction of sp³-hybridized carbons (Fsp3) is 0.200. The van der Waals surface area contributed by atoms with Crippen molar-refractivity contribution in [3.8, 4) is 5.75 Å². The van der Waals surface area contributed by atoms with Gasteiger partial charge in [0.15, 0.2) is 5.78 Å². The molecule has 0 saturated heterocycles. The molecule has 0 fully saturated rings. The maximum atomic E-state index is 11.2. The highest BCUT2D eigenvalue weighted by atomic mass is 16.5. The number of ketones is 1. The van der Waals surface area contributed by atoms with Crippen molar-refractivity contribution in [1.29, 1.82) is 0 Å². The van der Waals surface area contributed by atoms with E-state index in [4.69, 9.17) is 4.74 Å². The van der Waals surface area contributed by atoms with Crippen LogP contribution < -0.4 is 4.74 Å². The molecule has 0 bridgehead atoms. The number of carbonyl (C=O) groups is 1.